The van der Waals surface area contributed by atoms with Crippen molar-refractivity contribution in [3.8, 4) is 5.75 Å². The minimum absolute atomic E-state index is 0.0872. The second-order valence-electron chi connectivity index (χ2n) is 5.77. The number of nitrogens with two attached hydrogens (primary N) is 1. The van der Waals surface area contributed by atoms with Gasteiger partial charge in [0.05, 0.1) is 0 Å². The first-order chi connectivity index (χ1) is 14.2. The van der Waals surface area contributed by atoms with E-state index in [9.17, 15) is 18.0 Å². The van der Waals surface area contributed by atoms with Crippen LogP contribution in [0.2, 0.25) is 0 Å². The predicted octanol–water partition coefficient (Wildman–Crippen LogP) is 4.22. The molecule has 8 nitrogen and oxygen atoms in total. The van der Waals surface area contributed by atoms with E-state index < -0.39 is 12.3 Å². The van der Waals surface area contributed by atoms with Crippen LogP contribution in [0.3, 0.4) is 0 Å². The van der Waals surface area contributed by atoms with E-state index in [4.69, 9.17) is 5.73 Å². The van der Waals surface area contributed by atoms with Gasteiger partial charge in [-0.3, -0.25) is 15.6 Å². The van der Waals surface area contributed by atoms with E-state index in [0.717, 1.165) is 16.6 Å². The van der Waals surface area contributed by atoms with E-state index in [-0.39, 0.29) is 23.1 Å². The van der Waals surface area contributed by atoms with Crippen molar-refractivity contribution in [2.75, 3.05) is 16.5 Å². The summed E-state index contributed by atoms with van der Waals surface area (Å²) in [5.74, 6) is -0.443. The quantitative estimate of drug-likeness (QED) is 0.389. The molecule has 0 aliphatic rings. The fourth-order valence-electron chi connectivity index (χ4n) is 2.26. The van der Waals surface area contributed by atoms with Crippen LogP contribution < -0.4 is 26.6 Å². The van der Waals surface area contributed by atoms with E-state index >= 15 is 0 Å². The van der Waals surface area contributed by atoms with Crippen LogP contribution in [0.15, 0.2) is 59.3 Å². The summed E-state index contributed by atoms with van der Waals surface area (Å²) in [5.41, 5.74) is 12.0. The van der Waals surface area contributed by atoms with Gasteiger partial charge in [-0.15, -0.1) is 13.2 Å². The number of amides is 1. The first-order valence-corrected chi connectivity index (χ1v) is 9.06. The zero-order valence-electron chi connectivity index (χ0n) is 15.0. The Hall–Kier alpha value is -3.54. The van der Waals surface area contributed by atoms with Crippen molar-refractivity contribution in [2.24, 2.45) is 0 Å². The Morgan fingerprint density at radius 1 is 1.00 bits per heavy atom. The summed E-state index contributed by atoms with van der Waals surface area (Å²) >= 11 is 3.29. The summed E-state index contributed by atoms with van der Waals surface area (Å²) in [7, 11) is 0. The van der Waals surface area contributed by atoms with Crippen LogP contribution in [0.25, 0.3) is 0 Å². The van der Waals surface area contributed by atoms with Crippen LogP contribution in [0.4, 0.5) is 36.2 Å². The zero-order valence-corrected chi connectivity index (χ0v) is 16.6. The number of halogens is 4. The summed E-state index contributed by atoms with van der Waals surface area (Å²) in [6, 6.07) is 11.7. The van der Waals surface area contributed by atoms with Crippen molar-refractivity contribution in [1.82, 2.24) is 15.4 Å². The number of nitrogens with zero attached hydrogens (tertiary/aromatic N) is 2. The third-order valence-corrected chi connectivity index (χ3v) is 4.16. The van der Waals surface area contributed by atoms with Crippen molar-refractivity contribution < 1.29 is 22.7 Å². The van der Waals surface area contributed by atoms with E-state index in [1.54, 1.807) is 24.3 Å². The van der Waals surface area contributed by atoms with Crippen LogP contribution in [0, 0.1) is 0 Å². The number of nitrogens with one attached hydrogen (secondary N) is 3. The average Bonchev–Trinajstić information content (AvgIpc) is 2.69. The van der Waals surface area contributed by atoms with Crippen LogP contribution in [-0.4, -0.2) is 22.2 Å². The standard InChI is InChI=1S/C18H14BrF3N6O2/c19-11-3-1-10(2-4-11)17(29)28-27-16-14(23)15(24-9-25-16)26-12-5-7-13(8-6-12)30-18(20,21)22/h1-9H,23H2,(H,28,29)(H2,24,25,26,27). The van der Waals surface area contributed by atoms with Crippen LogP contribution in [0.5, 0.6) is 5.75 Å². The van der Waals surface area contributed by atoms with Crippen molar-refractivity contribution in [3.63, 3.8) is 0 Å². The molecule has 0 saturated heterocycles. The molecule has 12 heteroatoms. The highest BCUT2D eigenvalue weighted by molar-refractivity contribution is 9.10. The number of hydrogen-bond donors (Lipinski definition) is 4. The van der Waals surface area contributed by atoms with Gasteiger partial charge in [-0.1, -0.05) is 15.9 Å². The Balaban J connectivity index is 1.66. The number of hydrazine groups is 1. The lowest BCUT2D eigenvalue weighted by Crippen LogP contribution is -2.30. The molecular formula is C18H14BrF3N6O2. The van der Waals surface area contributed by atoms with Crippen molar-refractivity contribution in [3.05, 3.63) is 64.9 Å². The third kappa shape index (κ3) is 5.73. The van der Waals surface area contributed by atoms with Crippen molar-refractivity contribution in [1.29, 1.82) is 0 Å². The molecule has 1 heterocycles. The smallest absolute Gasteiger partial charge is 0.406 e. The summed E-state index contributed by atoms with van der Waals surface area (Å²) in [4.78, 5) is 20.1. The molecule has 0 spiro atoms. The minimum atomic E-state index is -4.77. The number of anilines is 4. The van der Waals surface area contributed by atoms with Crippen LogP contribution >= 0.6 is 15.9 Å². The maximum absolute atomic E-state index is 12.2. The fourth-order valence-corrected chi connectivity index (χ4v) is 2.53. The Bertz CT molecular complexity index is 1030. The van der Waals surface area contributed by atoms with Crippen molar-refractivity contribution in [2.45, 2.75) is 6.36 Å². The largest absolute Gasteiger partial charge is 0.573 e. The van der Waals surface area contributed by atoms with Gasteiger partial charge in [-0.2, -0.15) is 0 Å². The van der Waals surface area contributed by atoms with Crippen LogP contribution in [0.1, 0.15) is 10.4 Å². The molecule has 156 valence electrons. The van der Waals surface area contributed by atoms with E-state index in [1.165, 1.54) is 18.5 Å². The molecule has 3 rings (SSSR count). The molecule has 1 aromatic heterocycles. The van der Waals surface area contributed by atoms with Gasteiger partial charge in [0, 0.05) is 15.7 Å². The Morgan fingerprint density at radius 3 is 2.27 bits per heavy atom. The molecule has 0 saturated carbocycles. The summed E-state index contributed by atoms with van der Waals surface area (Å²) in [6.45, 7) is 0. The van der Waals surface area contributed by atoms with Gasteiger partial charge in [-0.05, 0) is 48.5 Å². The third-order valence-electron chi connectivity index (χ3n) is 3.64. The molecule has 30 heavy (non-hydrogen) atoms. The second-order valence-corrected chi connectivity index (χ2v) is 6.68. The van der Waals surface area contributed by atoms with Gasteiger partial charge < -0.3 is 15.8 Å². The molecule has 1 amide bonds. The SMILES string of the molecule is Nc1c(NNC(=O)c2ccc(Br)cc2)ncnc1Nc1ccc(OC(F)(F)F)cc1. The first-order valence-electron chi connectivity index (χ1n) is 8.26. The monoisotopic (exact) mass is 482 g/mol. The number of carbonyl (C=O) groups is 1. The maximum Gasteiger partial charge on any atom is 0.573 e. The maximum atomic E-state index is 12.2. The Kier molecular flexibility index (Phi) is 6.26. The molecule has 0 aliphatic heterocycles. The molecule has 0 unspecified atom stereocenters. The number of aromatic nitrogens is 2. The molecule has 5 N–H and O–H groups in total. The molecule has 3 aromatic rings. The molecule has 2 aromatic carbocycles. The Morgan fingerprint density at radius 2 is 1.63 bits per heavy atom. The number of rotatable bonds is 6. The number of carbonyl (C=O) groups excluding carboxylic acids is 1. The summed E-state index contributed by atoms with van der Waals surface area (Å²) in [5, 5.41) is 2.86. The van der Waals surface area contributed by atoms with Crippen LogP contribution in [-0.2, 0) is 0 Å². The lowest BCUT2D eigenvalue weighted by atomic mass is 10.2. The van der Waals surface area contributed by atoms with E-state index in [0.29, 0.717) is 11.3 Å². The highest BCUT2D eigenvalue weighted by Crippen LogP contribution is 2.28. The number of benzene rings is 2. The second kappa shape index (κ2) is 8.86. The van der Waals surface area contributed by atoms with Gasteiger partial charge >= 0.3 is 6.36 Å². The first kappa shape index (κ1) is 21.2. The molecule has 0 atom stereocenters. The van der Waals surface area contributed by atoms with Crippen molar-refractivity contribution >= 4 is 44.8 Å². The molecule has 0 radical (unpaired) electrons. The minimum Gasteiger partial charge on any atom is -0.406 e. The average molecular weight is 483 g/mol. The normalized spacial score (nSPS) is 10.9. The number of hydrogen-bond acceptors (Lipinski definition) is 7. The number of ether oxygens (including phenoxy) is 1. The Labute approximate surface area is 176 Å². The number of nitrogen functional groups attached to an aromatic ring is 1. The fraction of sp³-hybridized carbons (Fsp3) is 0.0556. The lowest BCUT2D eigenvalue weighted by Gasteiger charge is -2.14. The van der Waals surface area contributed by atoms with Gasteiger partial charge in [0.15, 0.2) is 11.6 Å². The van der Waals surface area contributed by atoms with E-state index in [2.05, 4.69) is 46.8 Å². The lowest BCUT2D eigenvalue weighted by molar-refractivity contribution is -0.274. The molecule has 0 fully saturated rings. The topological polar surface area (TPSA) is 114 Å². The highest BCUT2D eigenvalue weighted by atomic mass is 79.9. The highest BCUT2D eigenvalue weighted by Gasteiger charge is 2.30. The van der Waals surface area contributed by atoms with Gasteiger partial charge in [0.2, 0.25) is 0 Å². The molecular weight excluding hydrogens is 469 g/mol. The molecule has 0 bridgehead atoms. The van der Waals surface area contributed by atoms with Gasteiger partial charge in [0.25, 0.3) is 5.91 Å². The number of alkyl halides is 3. The van der Waals surface area contributed by atoms with E-state index in [1.807, 2.05) is 0 Å². The molecule has 0 aliphatic carbocycles. The zero-order chi connectivity index (χ0) is 21.7. The summed E-state index contributed by atoms with van der Waals surface area (Å²) < 4.78 is 41.3. The van der Waals surface area contributed by atoms with Gasteiger partial charge in [0.1, 0.15) is 17.8 Å². The predicted molar refractivity (Wildman–Crippen MR) is 108 cm³/mol. The van der Waals surface area contributed by atoms with Gasteiger partial charge in [-0.25, -0.2) is 9.97 Å². The summed E-state index contributed by atoms with van der Waals surface area (Å²) in [6.07, 6.45) is -3.57.